The molecule has 0 aliphatic rings. The molecule has 0 heterocycles. The fourth-order valence-corrected chi connectivity index (χ4v) is 2.58. The molecule has 100 valence electrons. The fourth-order valence-electron chi connectivity index (χ4n) is 2.04. The van der Waals surface area contributed by atoms with Gasteiger partial charge in [0.15, 0.2) is 0 Å². The maximum Gasteiger partial charge on any atom is 0.137 e. The molecule has 2 aromatic rings. The highest BCUT2D eigenvalue weighted by Crippen LogP contribution is 2.29. The molecule has 1 atom stereocenters. The van der Waals surface area contributed by atoms with Crippen molar-refractivity contribution in [3.63, 3.8) is 0 Å². The Morgan fingerprint density at radius 3 is 2.47 bits per heavy atom. The number of benzene rings is 2. The second-order valence-corrected chi connectivity index (χ2v) is 5.18. The molecule has 2 nitrogen and oxygen atoms in total. The van der Waals surface area contributed by atoms with Crippen molar-refractivity contribution in [1.29, 1.82) is 0 Å². The molecule has 3 heteroatoms. The van der Waals surface area contributed by atoms with Crippen LogP contribution in [0, 0.1) is 0 Å². The van der Waals surface area contributed by atoms with Crippen LogP contribution in [-0.4, -0.2) is 6.54 Å². The number of para-hydroxylation sites is 1. The van der Waals surface area contributed by atoms with Gasteiger partial charge in [-0.05, 0) is 24.1 Å². The molecule has 0 saturated carbocycles. The van der Waals surface area contributed by atoms with Gasteiger partial charge in [0.25, 0.3) is 0 Å². The lowest BCUT2D eigenvalue weighted by Gasteiger charge is -2.20. The largest absolute Gasteiger partial charge is 0.484 e. The van der Waals surface area contributed by atoms with Crippen LogP contribution in [0.5, 0.6) is 5.75 Å². The zero-order valence-corrected chi connectivity index (χ0v) is 12.6. The molecule has 2 rings (SSSR count). The summed E-state index contributed by atoms with van der Waals surface area (Å²) < 4.78 is 7.12. The van der Waals surface area contributed by atoms with Crippen LogP contribution in [0.15, 0.2) is 53.0 Å². The first-order valence-electron chi connectivity index (χ1n) is 6.45. The molecule has 19 heavy (non-hydrogen) atoms. The zero-order valence-electron chi connectivity index (χ0n) is 11.0. The number of hydrogen-bond acceptors (Lipinski definition) is 2. The smallest absolute Gasteiger partial charge is 0.137 e. The second kappa shape index (κ2) is 6.73. The summed E-state index contributed by atoms with van der Waals surface area (Å²) in [4.78, 5) is 0. The predicted octanol–water partition coefficient (Wildman–Crippen LogP) is 4.09. The summed E-state index contributed by atoms with van der Waals surface area (Å²) in [6.45, 7) is 2.57. The third-order valence-corrected chi connectivity index (χ3v) is 3.81. The molecule has 0 spiro atoms. The van der Waals surface area contributed by atoms with Crippen LogP contribution in [0.4, 0.5) is 0 Å². The van der Waals surface area contributed by atoms with Crippen LogP contribution in [0.1, 0.15) is 24.2 Å². The molecule has 0 aliphatic heterocycles. The first-order valence-corrected chi connectivity index (χ1v) is 7.24. The van der Waals surface area contributed by atoms with Gasteiger partial charge in [0.2, 0.25) is 0 Å². The first-order chi connectivity index (χ1) is 9.26. The lowest BCUT2D eigenvalue weighted by atomic mass is 10.1. The van der Waals surface area contributed by atoms with Crippen LogP contribution in [0.3, 0.4) is 0 Å². The van der Waals surface area contributed by atoms with Gasteiger partial charge in [-0.2, -0.15) is 0 Å². The molecule has 0 radical (unpaired) electrons. The van der Waals surface area contributed by atoms with Crippen molar-refractivity contribution in [1.82, 2.24) is 0 Å². The minimum atomic E-state index is -0.136. The Labute approximate surface area is 122 Å². The minimum absolute atomic E-state index is 0.136. The van der Waals surface area contributed by atoms with E-state index < -0.39 is 0 Å². The summed E-state index contributed by atoms with van der Waals surface area (Å²) in [5.41, 5.74) is 8.15. The molecule has 2 N–H and O–H groups in total. The van der Waals surface area contributed by atoms with E-state index in [4.69, 9.17) is 10.5 Å². The summed E-state index contributed by atoms with van der Waals surface area (Å²) in [7, 11) is 0. The molecule has 0 aromatic heterocycles. The van der Waals surface area contributed by atoms with Gasteiger partial charge >= 0.3 is 0 Å². The molecule has 0 fully saturated rings. The number of hydrogen-bond donors (Lipinski definition) is 1. The van der Waals surface area contributed by atoms with Gasteiger partial charge in [-0.3, -0.25) is 0 Å². The van der Waals surface area contributed by atoms with Crippen molar-refractivity contribution in [2.24, 2.45) is 5.73 Å². The fraction of sp³-hybridized carbons (Fsp3) is 0.250. The van der Waals surface area contributed by atoms with Gasteiger partial charge < -0.3 is 10.5 Å². The van der Waals surface area contributed by atoms with E-state index in [0.717, 1.165) is 22.2 Å². The van der Waals surface area contributed by atoms with Crippen LogP contribution in [0.2, 0.25) is 0 Å². The van der Waals surface area contributed by atoms with Crippen molar-refractivity contribution < 1.29 is 4.74 Å². The van der Waals surface area contributed by atoms with Gasteiger partial charge in [0, 0.05) is 16.6 Å². The van der Waals surface area contributed by atoms with Gasteiger partial charge in [-0.25, -0.2) is 0 Å². The van der Waals surface area contributed by atoms with E-state index in [9.17, 15) is 0 Å². The van der Waals surface area contributed by atoms with E-state index >= 15 is 0 Å². The molecule has 0 saturated heterocycles. The minimum Gasteiger partial charge on any atom is -0.484 e. The summed E-state index contributed by atoms with van der Waals surface area (Å²) in [5, 5.41) is 0. The molecule has 0 bridgehead atoms. The lowest BCUT2D eigenvalue weighted by Crippen LogP contribution is -2.19. The van der Waals surface area contributed by atoms with Crippen molar-refractivity contribution >= 4 is 15.9 Å². The van der Waals surface area contributed by atoms with Gasteiger partial charge in [0.1, 0.15) is 11.9 Å². The van der Waals surface area contributed by atoms with E-state index in [-0.39, 0.29) is 6.10 Å². The summed E-state index contributed by atoms with van der Waals surface area (Å²) >= 11 is 3.55. The zero-order chi connectivity index (χ0) is 13.7. The first kappa shape index (κ1) is 14.1. The van der Waals surface area contributed by atoms with Crippen molar-refractivity contribution in [2.45, 2.75) is 19.4 Å². The average molecular weight is 320 g/mol. The average Bonchev–Trinajstić information content (AvgIpc) is 2.46. The maximum absolute atomic E-state index is 6.10. The van der Waals surface area contributed by atoms with E-state index in [1.54, 1.807) is 0 Å². The lowest BCUT2D eigenvalue weighted by molar-refractivity contribution is 0.211. The second-order valence-electron chi connectivity index (χ2n) is 4.32. The van der Waals surface area contributed by atoms with E-state index in [0.29, 0.717) is 6.54 Å². The highest BCUT2D eigenvalue weighted by Gasteiger charge is 2.15. The van der Waals surface area contributed by atoms with E-state index in [2.05, 4.69) is 28.9 Å². The van der Waals surface area contributed by atoms with E-state index in [1.165, 1.54) is 5.56 Å². The Morgan fingerprint density at radius 1 is 1.11 bits per heavy atom. The van der Waals surface area contributed by atoms with Crippen LogP contribution >= 0.6 is 15.9 Å². The third-order valence-electron chi connectivity index (χ3n) is 3.09. The maximum atomic E-state index is 6.10. The Kier molecular flexibility index (Phi) is 5.00. The molecule has 0 aliphatic carbocycles. The predicted molar refractivity (Wildman–Crippen MR) is 82.4 cm³/mol. The normalized spacial score (nSPS) is 12.2. The Bertz CT molecular complexity index is 542. The molecule has 1 unspecified atom stereocenters. The number of halogens is 1. The van der Waals surface area contributed by atoms with Crippen molar-refractivity contribution in [2.75, 3.05) is 6.54 Å². The Hall–Kier alpha value is -1.32. The summed E-state index contributed by atoms with van der Waals surface area (Å²) in [6.07, 6.45) is 0.812. The van der Waals surface area contributed by atoms with E-state index in [1.807, 2.05) is 42.5 Å². The van der Waals surface area contributed by atoms with Crippen molar-refractivity contribution in [3.8, 4) is 5.75 Å². The topological polar surface area (TPSA) is 35.2 Å². The van der Waals surface area contributed by atoms with Gasteiger partial charge in [-0.1, -0.05) is 59.3 Å². The molecule has 2 aromatic carbocycles. The number of ether oxygens (including phenoxy) is 1. The third kappa shape index (κ3) is 3.37. The standard InChI is InChI=1S/C16H18BrNO/c1-2-12-7-3-6-10-15(12)19-16(11-18)13-8-4-5-9-14(13)17/h3-10,16H,2,11,18H2,1H3. The summed E-state index contributed by atoms with van der Waals surface area (Å²) in [6, 6.07) is 16.1. The van der Waals surface area contributed by atoms with Crippen LogP contribution in [0.25, 0.3) is 0 Å². The molecular formula is C16H18BrNO. The highest BCUT2D eigenvalue weighted by molar-refractivity contribution is 9.10. The highest BCUT2D eigenvalue weighted by atomic mass is 79.9. The van der Waals surface area contributed by atoms with Crippen LogP contribution < -0.4 is 10.5 Å². The quantitative estimate of drug-likeness (QED) is 0.900. The van der Waals surface area contributed by atoms with Gasteiger partial charge in [0.05, 0.1) is 0 Å². The molecule has 0 amide bonds. The van der Waals surface area contributed by atoms with Crippen LogP contribution in [-0.2, 0) is 6.42 Å². The Balaban J connectivity index is 2.27. The SMILES string of the molecule is CCc1ccccc1OC(CN)c1ccccc1Br. The van der Waals surface area contributed by atoms with Crippen molar-refractivity contribution in [3.05, 3.63) is 64.1 Å². The molecular weight excluding hydrogens is 302 g/mol. The number of nitrogens with two attached hydrogens (primary N) is 1. The number of rotatable bonds is 5. The Morgan fingerprint density at radius 2 is 1.79 bits per heavy atom. The monoisotopic (exact) mass is 319 g/mol. The summed E-state index contributed by atoms with van der Waals surface area (Å²) in [5.74, 6) is 0.913. The number of aryl methyl sites for hydroxylation is 1. The van der Waals surface area contributed by atoms with Gasteiger partial charge in [-0.15, -0.1) is 0 Å².